The minimum atomic E-state index is -0.428. The van der Waals surface area contributed by atoms with Gasteiger partial charge >= 0.3 is 0 Å². The molecule has 1 aromatic carbocycles. The Morgan fingerprint density at radius 2 is 2.23 bits per heavy atom. The summed E-state index contributed by atoms with van der Waals surface area (Å²) in [5, 5.41) is 4.49. The minimum absolute atomic E-state index is 0.134. The number of hydrogen-bond acceptors (Lipinski definition) is 3. The summed E-state index contributed by atoms with van der Waals surface area (Å²) in [6.45, 7) is 1.77. The third-order valence-electron chi connectivity index (χ3n) is 1.94. The highest BCUT2D eigenvalue weighted by atomic mass is 19.1. The smallest absolute Gasteiger partial charge is 0.184 e. The predicted octanol–water partition coefficient (Wildman–Crippen LogP) is 2.28. The van der Waals surface area contributed by atoms with Crippen LogP contribution in [0.2, 0.25) is 0 Å². The fourth-order valence-electron chi connectivity index (χ4n) is 1.28. The molecule has 68 valence electrons. The van der Waals surface area contributed by atoms with E-state index in [1.165, 1.54) is 13.2 Å². The van der Waals surface area contributed by atoms with E-state index in [0.717, 1.165) is 5.39 Å². The van der Waals surface area contributed by atoms with Crippen molar-refractivity contribution >= 4 is 10.9 Å². The summed E-state index contributed by atoms with van der Waals surface area (Å²) < 4.78 is 22.9. The zero-order valence-corrected chi connectivity index (χ0v) is 7.30. The van der Waals surface area contributed by atoms with Crippen molar-refractivity contribution in [3.63, 3.8) is 0 Å². The lowest BCUT2D eigenvalue weighted by atomic mass is 10.2. The van der Waals surface area contributed by atoms with Crippen LogP contribution in [0.15, 0.2) is 16.7 Å². The number of rotatable bonds is 1. The van der Waals surface area contributed by atoms with Gasteiger partial charge in [0, 0.05) is 5.39 Å². The normalized spacial score (nSPS) is 10.7. The molecule has 13 heavy (non-hydrogen) atoms. The van der Waals surface area contributed by atoms with Crippen LogP contribution in [0.1, 0.15) is 5.76 Å². The third kappa shape index (κ3) is 1.06. The second kappa shape index (κ2) is 2.73. The average molecular weight is 181 g/mol. The first-order chi connectivity index (χ1) is 6.24. The van der Waals surface area contributed by atoms with Gasteiger partial charge in [0.2, 0.25) is 0 Å². The highest BCUT2D eigenvalue weighted by Crippen LogP contribution is 2.29. The molecule has 3 nitrogen and oxygen atoms in total. The Labute approximate surface area is 74.1 Å². The van der Waals surface area contributed by atoms with Crippen molar-refractivity contribution in [1.29, 1.82) is 0 Å². The van der Waals surface area contributed by atoms with Gasteiger partial charge in [0.1, 0.15) is 5.76 Å². The molecular formula is C9H8FNO2. The SMILES string of the molecule is COc1c(F)ccc2c(C)onc12. The monoisotopic (exact) mass is 181 g/mol. The number of benzene rings is 1. The van der Waals surface area contributed by atoms with E-state index in [1.54, 1.807) is 13.0 Å². The van der Waals surface area contributed by atoms with Gasteiger partial charge in [-0.1, -0.05) is 5.16 Å². The Morgan fingerprint density at radius 1 is 1.46 bits per heavy atom. The van der Waals surface area contributed by atoms with E-state index in [4.69, 9.17) is 9.26 Å². The maximum absolute atomic E-state index is 13.1. The highest BCUT2D eigenvalue weighted by molar-refractivity contribution is 5.86. The molecular weight excluding hydrogens is 173 g/mol. The lowest BCUT2D eigenvalue weighted by Gasteiger charge is -2.00. The Kier molecular flexibility index (Phi) is 1.69. The molecule has 2 aromatic rings. The van der Waals surface area contributed by atoms with Gasteiger partial charge in [-0.05, 0) is 19.1 Å². The van der Waals surface area contributed by atoms with Crippen LogP contribution in [-0.4, -0.2) is 12.3 Å². The van der Waals surface area contributed by atoms with Crippen molar-refractivity contribution in [2.24, 2.45) is 0 Å². The molecule has 1 heterocycles. The van der Waals surface area contributed by atoms with Crippen molar-refractivity contribution < 1.29 is 13.7 Å². The number of aromatic nitrogens is 1. The van der Waals surface area contributed by atoms with E-state index in [1.807, 2.05) is 0 Å². The molecule has 0 saturated heterocycles. The standard InChI is InChI=1S/C9H8FNO2/c1-5-6-3-4-7(10)9(12-2)8(6)11-13-5/h3-4H,1-2H3. The van der Waals surface area contributed by atoms with Crippen molar-refractivity contribution in [1.82, 2.24) is 5.16 Å². The second-order valence-corrected chi connectivity index (χ2v) is 2.72. The van der Waals surface area contributed by atoms with Gasteiger partial charge < -0.3 is 9.26 Å². The van der Waals surface area contributed by atoms with Crippen molar-refractivity contribution in [2.75, 3.05) is 7.11 Å². The lowest BCUT2D eigenvalue weighted by Crippen LogP contribution is -1.88. The minimum Gasteiger partial charge on any atom is -0.491 e. The molecule has 0 fully saturated rings. The number of nitrogens with zero attached hydrogens (tertiary/aromatic N) is 1. The fourth-order valence-corrected chi connectivity index (χ4v) is 1.28. The molecule has 0 aliphatic rings. The second-order valence-electron chi connectivity index (χ2n) is 2.72. The fraction of sp³-hybridized carbons (Fsp3) is 0.222. The van der Waals surface area contributed by atoms with E-state index in [0.29, 0.717) is 11.3 Å². The first-order valence-electron chi connectivity index (χ1n) is 3.82. The van der Waals surface area contributed by atoms with Crippen LogP contribution >= 0.6 is 0 Å². The number of hydrogen-bond donors (Lipinski definition) is 0. The molecule has 0 spiro atoms. The van der Waals surface area contributed by atoms with Gasteiger partial charge in [-0.2, -0.15) is 0 Å². The van der Waals surface area contributed by atoms with Gasteiger partial charge in [0.15, 0.2) is 17.1 Å². The van der Waals surface area contributed by atoms with Crippen LogP contribution < -0.4 is 4.74 Å². The summed E-state index contributed by atoms with van der Waals surface area (Å²) in [5.74, 6) is 0.367. The number of halogens is 1. The Bertz CT molecular complexity index is 450. The van der Waals surface area contributed by atoms with Crippen LogP contribution in [0, 0.1) is 12.7 Å². The Balaban J connectivity index is 2.85. The molecule has 2 rings (SSSR count). The van der Waals surface area contributed by atoms with Crippen LogP contribution in [0.3, 0.4) is 0 Å². The third-order valence-corrected chi connectivity index (χ3v) is 1.94. The average Bonchev–Trinajstić information content (AvgIpc) is 2.48. The molecule has 0 amide bonds. The van der Waals surface area contributed by atoms with E-state index >= 15 is 0 Å². The first-order valence-corrected chi connectivity index (χ1v) is 3.82. The van der Waals surface area contributed by atoms with Crippen molar-refractivity contribution in [2.45, 2.75) is 6.92 Å². The molecule has 0 aliphatic heterocycles. The quantitative estimate of drug-likeness (QED) is 0.677. The summed E-state index contributed by atoms with van der Waals surface area (Å²) in [7, 11) is 1.40. The number of fused-ring (bicyclic) bond motifs is 1. The Morgan fingerprint density at radius 3 is 2.92 bits per heavy atom. The van der Waals surface area contributed by atoms with E-state index in [9.17, 15) is 4.39 Å². The van der Waals surface area contributed by atoms with Crippen LogP contribution in [-0.2, 0) is 0 Å². The van der Waals surface area contributed by atoms with Gasteiger partial charge in [-0.15, -0.1) is 0 Å². The van der Waals surface area contributed by atoms with E-state index in [-0.39, 0.29) is 5.75 Å². The number of ether oxygens (including phenoxy) is 1. The molecule has 0 radical (unpaired) electrons. The van der Waals surface area contributed by atoms with Crippen LogP contribution in [0.4, 0.5) is 4.39 Å². The molecule has 0 N–H and O–H groups in total. The summed E-state index contributed by atoms with van der Waals surface area (Å²) >= 11 is 0. The van der Waals surface area contributed by atoms with Crippen LogP contribution in [0.25, 0.3) is 10.9 Å². The van der Waals surface area contributed by atoms with Gasteiger partial charge in [-0.3, -0.25) is 0 Å². The largest absolute Gasteiger partial charge is 0.491 e. The maximum atomic E-state index is 13.1. The summed E-state index contributed by atoms with van der Waals surface area (Å²) in [6, 6.07) is 2.96. The Hall–Kier alpha value is -1.58. The topological polar surface area (TPSA) is 35.3 Å². The van der Waals surface area contributed by atoms with Gasteiger partial charge in [-0.25, -0.2) is 4.39 Å². The lowest BCUT2D eigenvalue weighted by molar-refractivity contribution is 0.379. The summed E-state index contributed by atoms with van der Waals surface area (Å²) in [5.41, 5.74) is 0.431. The zero-order chi connectivity index (χ0) is 9.42. The number of methoxy groups -OCH3 is 1. The summed E-state index contributed by atoms with van der Waals surface area (Å²) in [6.07, 6.45) is 0. The molecule has 0 saturated carbocycles. The van der Waals surface area contributed by atoms with Crippen molar-refractivity contribution in [3.8, 4) is 5.75 Å². The van der Waals surface area contributed by atoms with Crippen molar-refractivity contribution in [3.05, 3.63) is 23.7 Å². The molecule has 0 unspecified atom stereocenters. The molecule has 4 heteroatoms. The van der Waals surface area contributed by atoms with Gasteiger partial charge in [0.05, 0.1) is 7.11 Å². The van der Waals surface area contributed by atoms with E-state index < -0.39 is 5.82 Å². The molecule has 0 bridgehead atoms. The number of aryl methyl sites for hydroxylation is 1. The predicted molar refractivity (Wildman–Crippen MR) is 45.3 cm³/mol. The maximum Gasteiger partial charge on any atom is 0.184 e. The highest BCUT2D eigenvalue weighted by Gasteiger charge is 2.13. The zero-order valence-electron chi connectivity index (χ0n) is 7.30. The summed E-state index contributed by atoms with van der Waals surface area (Å²) in [4.78, 5) is 0. The molecule has 0 aliphatic carbocycles. The van der Waals surface area contributed by atoms with Crippen LogP contribution in [0.5, 0.6) is 5.75 Å². The van der Waals surface area contributed by atoms with Gasteiger partial charge in [0.25, 0.3) is 0 Å². The van der Waals surface area contributed by atoms with E-state index in [2.05, 4.69) is 5.16 Å². The first kappa shape index (κ1) is 8.04. The molecule has 0 atom stereocenters. The molecule has 1 aromatic heterocycles.